The molecule has 1 heterocycles. The predicted molar refractivity (Wildman–Crippen MR) is 148 cm³/mol. The van der Waals surface area contributed by atoms with Crippen LogP contribution in [0.25, 0.3) is 5.76 Å². The normalized spacial score (nSPS) is 16.6. The van der Waals surface area contributed by atoms with Crippen LogP contribution >= 0.6 is 0 Å². The minimum absolute atomic E-state index is 0.0778. The van der Waals surface area contributed by atoms with Crippen LogP contribution in [0.4, 0.5) is 0 Å². The molecule has 3 aromatic carbocycles. The van der Waals surface area contributed by atoms with Gasteiger partial charge in [0.15, 0.2) is 11.5 Å². The Labute approximate surface area is 224 Å². The minimum Gasteiger partial charge on any atom is -0.507 e. The van der Waals surface area contributed by atoms with Gasteiger partial charge >= 0.3 is 0 Å². The third kappa shape index (κ3) is 5.91. The Bertz CT molecular complexity index is 1300. The molecule has 1 saturated heterocycles. The Morgan fingerprint density at radius 2 is 1.66 bits per heavy atom. The number of ketones is 1. The molecule has 0 aromatic heterocycles. The van der Waals surface area contributed by atoms with E-state index in [1.54, 1.807) is 17.0 Å². The number of carbonyl (C=O) groups excluding carboxylic acids is 2. The summed E-state index contributed by atoms with van der Waals surface area (Å²) in [6, 6.07) is 21.8. The summed E-state index contributed by atoms with van der Waals surface area (Å²) in [6.07, 6.45) is 2.51. The van der Waals surface area contributed by atoms with Crippen LogP contribution in [0.15, 0.2) is 78.4 Å². The molecule has 3 aromatic rings. The lowest BCUT2D eigenvalue weighted by Crippen LogP contribution is -2.31. The fourth-order valence-corrected chi connectivity index (χ4v) is 4.63. The summed E-state index contributed by atoms with van der Waals surface area (Å²) in [6.45, 7) is 7.27. The lowest BCUT2D eigenvalue weighted by atomic mass is 9.94. The summed E-state index contributed by atoms with van der Waals surface area (Å²) in [7, 11) is 0. The molecular formula is C32H35NO5. The number of likely N-dealkylation sites (tertiary alicyclic amines) is 1. The molecule has 1 amide bonds. The third-order valence-electron chi connectivity index (χ3n) is 6.69. The van der Waals surface area contributed by atoms with Crippen molar-refractivity contribution >= 4 is 17.4 Å². The van der Waals surface area contributed by atoms with Gasteiger partial charge in [0.05, 0.1) is 24.8 Å². The number of aliphatic hydroxyl groups excluding tert-OH is 1. The summed E-state index contributed by atoms with van der Waals surface area (Å²) in [5.74, 6) is -0.339. The molecule has 1 aliphatic rings. The molecule has 38 heavy (non-hydrogen) atoms. The third-order valence-corrected chi connectivity index (χ3v) is 6.69. The lowest BCUT2D eigenvalue weighted by Gasteiger charge is -2.26. The Morgan fingerprint density at radius 3 is 2.34 bits per heavy atom. The number of Topliss-reactive ketones (excluding diaryl/α,β-unsaturated/α-hetero) is 1. The molecule has 0 spiro atoms. The van der Waals surface area contributed by atoms with Gasteiger partial charge in [0.25, 0.3) is 11.7 Å². The summed E-state index contributed by atoms with van der Waals surface area (Å²) in [5, 5.41) is 11.3. The van der Waals surface area contributed by atoms with E-state index in [0.29, 0.717) is 48.8 Å². The Balaban J connectivity index is 1.79. The number of rotatable bonds is 11. The maximum atomic E-state index is 13.4. The predicted octanol–water partition coefficient (Wildman–Crippen LogP) is 6.24. The van der Waals surface area contributed by atoms with Crippen molar-refractivity contribution in [3.05, 3.63) is 101 Å². The fourth-order valence-electron chi connectivity index (χ4n) is 4.63. The summed E-state index contributed by atoms with van der Waals surface area (Å²) in [5.41, 5.74) is 3.33. The Kier molecular flexibility index (Phi) is 8.85. The number of carbonyl (C=O) groups is 2. The van der Waals surface area contributed by atoms with Crippen LogP contribution in [0, 0.1) is 6.92 Å². The standard InChI is InChI=1S/C32H35NO5/c1-4-6-20-38-26-17-16-25(21-27(26)37-5-2)29-28(30(34)24-14-12-22(3)13-15-24)31(35)32(36)33(29)19-18-23-10-8-7-9-11-23/h7-17,21,29,34H,4-6,18-20H2,1-3H3. The smallest absolute Gasteiger partial charge is 0.295 e. The van der Waals surface area contributed by atoms with Crippen LogP contribution < -0.4 is 9.47 Å². The van der Waals surface area contributed by atoms with Crippen LogP contribution in [-0.4, -0.2) is 41.5 Å². The molecule has 1 N–H and O–H groups in total. The average molecular weight is 514 g/mol. The molecule has 4 rings (SSSR count). The molecule has 0 saturated carbocycles. The summed E-state index contributed by atoms with van der Waals surface area (Å²) in [4.78, 5) is 28.3. The van der Waals surface area contributed by atoms with Gasteiger partial charge < -0.3 is 19.5 Å². The van der Waals surface area contributed by atoms with Crippen LogP contribution in [0.1, 0.15) is 55.0 Å². The van der Waals surface area contributed by atoms with Crippen molar-refractivity contribution in [3.8, 4) is 11.5 Å². The second-order valence-electron chi connectivity index (χ2n) is 9.44. The molecule has 0 aliphatic carbocycles. The zero-order valence-corrected chi connectivity index (χ0v) is 22.3. The van der Waals surface area contributed by atoms with E-state index in [2.05, 4.69) is 6.92 Å². The number of hydrogen-bond donors (Lipinski definition) is 1. The molecule has 6 heteroatoms. The number of aryl methyl sites for hydroxylation is 1. The van der Waals surface area contributed by atoms with Gasteiger partial charge in [0, 0.05) is 12.1 Å². The number of ether oxygens (including phenoxy) is 2. The summed E-state index contributed by atoms with van der Waals surface area (Å²) >= 11 is 0. The minimum atomic E-state index is -0.760. The Hall–Kier alpha value is -4.06. The van der Waals surface area contributed by atoms with E-state index in [4.69, 9.17) is 9.47 Å². The van der Waals surface area contributed by atoms with Crippen molar-refractivity contribution in [3.63, 3.8) is 0 Å². The first kappa shape index (κ1) is 27.0. The van der Waals surface area contributed by atoms with Crippen molar-refractivity contribution in [2.24, 2.45) is 0 Å². The van der Waals surface area contributed by atoms with Crippen molar-refractivity contribution in [2.45, 2.75) is 46.1 Å². The molecule has 0 bridgehead atoms. The van der Waals surface area contributed by atoms with Crippen molar-refractivity contribution in [1.29, 1.82) is 0 Å². The van der Waals surface area contributed by atoms with Gasteiger partial charge in [0.1, 0.15) is 5.76 Å². The number of unbranched alkanes of at least 4 members (excludes halogenated alkanes) is 1. The Morgan fingerprint density at radius 1 is 0.921 bits per heavy atom. The maximum absolute atomic E-state index is 13.4. The van der Waals surface area contributed by atoms with E-state index in [0.717, 1.165) is 24.0 Å². The highest BCUT2D eigenvalue weighted by atomic mass is 16.5. The van der Waals surface area contributed by atoms with Gasteiger partial charge in [0.2, 0.25) is 0 Å². The zero-order valence-electron chi connectivity index (χ0n) is 22.3. The first-order valence-corrected chi connectivity index (χ1v) is 13.2. The SMILES string of the molecule is CCCCOc1ccc(C2C(=C(O)c3ccc(C)cc3)C(=O)C(=O)N2CCc2ccccc2)cc1OCC. The van der Waals surface area contributed by atoms with Crippen molar-refractivity contribution in [1.82, 2.24) is 4.90 Å². The highest BCUT2D eigenvalue weighted by Crippen LogP contribution is 2.42. The van der Waals surface area contributed by atoms with E-state index in [1.165, 1.54) is 0 Å². The molecule has 1 unspecified atom stereocenters. The highest BCUT2D eigenvalue weighted by Gasteiger charge is 2.46. The number of hydrogen-bond acceptors (Lipinski definition) is 5. The van der Waals surface area contributed by atoms with Crippen LogP contribution in [0.2, 0.25) is 0 Å². The molecule has 6 nitrogen and oxygen atoms in total. The van der Waals surface area contributed by atoms with Gasteiger partial charge in [-0.25, -0.2) is 0 Å². The van der Waals surface area contributed by atoms with E-state index in [9.17, 15) is 14.7 Å². The lowest BCUT2D eigenvalue weighted by molar-refractivity contribution is -0.139. The first-order valence-electron chi connectivity index (χ1n) is 13.2. The fraction of sp³-hybridized carbons (Fsp3) is 0.312. The van der Waals surface area contributed by atoms with Crippen LogP contribution in [0.5, 0.6) is 11.5 Å². The second-order valence-corrected chi connectivity index (χ2v) is 9.44. The van der Waals surface area contributed by atoms with E-state index >= 15 is 0 Å². The van der Waals surface area contributed by atoms with E-state index in [1.807, 2.05) is 74.5 Å². The topological polar surface area (TPSA) is 76.1 Å². The molecule has 198 valence electrons. The average Bonchev–Trinajstić information content (AvgIpc) is 3.18. The number of amides is 1. The van der Waals surface area contributed by atoms with Crippen molar-refractivity contribution in [2.75, 3.05) is 19.8 Å². The molecule has 1 fully saturated rings. The zero-order chi connectivity index (χ0) is 27.1. The van der Waals surface area contributed by atoms with Crippen molar-refractivity contribution < 1.29 is 24.2 Å². The number of benzene rings is 3. The number of aliphatic hydroxyl groups is 1. The quantitative estimate of drug-likeness (QED) is 0.142. The number of nitrogens with zero attached hydrogens (tertiary/aromatic N) is 1. The van der Waals surface area contributed by atoms with Gasteiger partial charge in [-0.05, 0) is 49.9 Å². The molecule has 1 atom stereocenters. The highest BCUT2D eigenvalue weighted by molar-refractivity contribution is 6.46. The second kappa shape index (κ2) is 12.5. The molecular weight excluding hydrogens is 478 g/mol. The van der Waals surface area contributed by atoms with E-state index in [-0.39, 0.29) is 11.3 Å². The van der Waals surface area contributed by atoms with E-state index < -0.39 is 17.7 Å². The van der Waals surface area contributed by atoms with Crippen LogP contribution in [0.3, 0.4) is 0 Å². The first-order chi connectivity index (χ1) is 18.4. The van der Waals surface area contributed by atoms with Gasteiger partial charge in [-0.3, -0.25) is 9.59 Å². The molecule has 1 aliphatic heterocycles. The largest absolute Gasteiger partial charge is 0.507 e. The van der Waals surface area contributed by atoms with Gasteiger partial charge in [-0.15, -0.1) is 0 Å². The van der Waals surface area contributed by atoms with Crippen LogP contribution in [-0.2, 0) is 16.0 Å². The van der Waals surface area contributed by atoms with Gasteiger partial charge in [-0.1, -0.05) is 79.6 Å². The molecule has 0 radical (unpaired) electrons. The maximum Gasteiger partial charge on any atom is 0.295 e. The van der Waals surface area contributed by atoms with Gasteiger partial charge in [-0.2, -0.15) is 0 Å². The summed E-state index contributed by atoms with van der Waals surface area (Å²) < 4.78 is 11.8. The monoisotopic (exact) mass is 513 g/mol.